The third-order valence-corrected chi connectivity index (χ3v) is 2.53. The van der Waals surface area contributed by atoms with Gasteiger partial charge >= 0.3 is 5.97 Å². The average molecular weight is 211 g/mol. The monoisotopic (exact) mass is 211 g/mol. The minimum absolute atomic E-state index is 0.277. The molecule has 0 bridgehead atoms. The average Bonchev–Trinajstić information content (AvgIpc) is 2.24. The molecule has 0 amide bonds. The zero-order valence-electron chi connectivity index (χ0n) is 10.3. The van der Waals surface area contributed by atoms with Crippen LogP contribution in [0.3, 0.4) is 0 Å². The highest BCUT2D eigenvalue weighted by Gasteiger charge is 2.14. The fourth-order valence-electron chi connectivity index (χ4n) is 1.23. The molecule has 3 nitrogen and oxygen atoms in total. The molecule has 0 aromatic heterocycles. The predicted octanol–water partition coefficient (Wildman–Crippen LogP) is 2.61. The second kappa shape index (κ2) is 7.21. The van der Waals surface area contributed by atoms with Crippen LogP contribution in [0.4, 0.5) is 0 Å². The van der Waals surface area contributed by atoms with Crippen LogP contribution < -0.4 is 0 Å². The molecule has 1 unspecified atom stereocenters. The van der Waals surface area contributed by atoms with Gasteiger partial charge in [0, 0.05) is 13.3 Å². The van der Waals surface area contributed by atoms with Crippen molar-refractivity contribution in [2.45, 2.75) is 34.1 Å². The zero-order valence-corrected chi connectivity index (χ0v) is 10.3. The van der Waals surface area contributed by atoms with Crippen LogP contribution in [0.25, 0.3) is 0 Å². The van der Waals surface area contributed by atoms with Crippen molar-refractivity contribution in [2.75, 3.05) is 13.7 Å². The van der Waals surface area contributed by atoms with E-state index in [1.807, 2.05) is 6.92 Å². The summed E-state index contributed by atoms with van der Waals surface area (Å²) in [6.07, 6.45) is 2.59. The summed E-state index contributed by atoms with van der Waals surface area (Å²) in [6.45, 7) is 8.35. The molecule has 0 radical (unpaired) electrons. The quantitative estimate of drug-likeness (QED) is 0.398. The number of hydrogen-bond acceptors (Lipinski definition) is 3. The summed E-state index contributed by atoms with van der Waals surface area (Å²) in [5, 5.41) is 0. The molecule has 3 heteroatoms. The van der Waals surface area contributed by atoms with Crippen LogP contribution in [0, 0.1) is 5.92 Å². The van der Waals surface area contributed by atoms with Gasteiger partial charge in [-0.3, -0.25) is 4.99 Å². The molecule has 0 heterocycles. The van der Waals surface area contributed by atoms with Gasteiger partial charge in [-0.15, -0.1) is 0 Å². The van der Waals surface area contributed by atoms with E-state index in [-0.39, 0.29) is 5.97 Å². The molecule has 0 aliphatic carbocycles. The second-order valence-electron chi connectivity index (χ2n) is 3.51. The van der Waals surface area contributed by atoms with Crippen molar-refractivity contribution >= 4 is 12.2 Å². The van der Waals surface area contributed by atoms with E-state index in [4.69, 9.17) is 4.74 Å². The van der Waals surface area contributed by atoms with Crippen molar-refractivity contribution in [3.8, 4) is 0 Å². The van der Waals surface area contributed by atoms with Gasteiger partial charge < -0.3 is 4.74 Å². The predicted molar refractivity (Wildman–Crippen MR) is 63.2 cm³/mol. The number of ether oxygens (including phenoxy) is 1. The van der Waals surface area contributed by atoms with Crippen LogP contribution in [0.2, 0.25) is 0 Å². The summed E-state index contributed by atoms with van der Waals surface area (Å²) >= 11 is 0. The van der Waals surface area contributed by atoms with Gasteiger partial charge in [0.2, 0.25) is 0 Å². The third-order valence-electron chi connectivity index (χ3n) is 2.53. The van der Waals surface area contributed by atoms with Gasteiger partial charge in [-0.05, 0) is 26.2 Å². The second-order valence-corrected chi connectivity index (χ2v) is 3.51. The molecular weight excluding hydrogens is 190 g/mol. The lowest BCUT2D eigenvalue weighted by Crippen LogP contribution is -2.13. The Hall–Kier alpha value is -1.12. The molecule has 0 fully saturated rings. The Morgan fingerprint density at radius 1 is 1.47 bits per heavy atom. The minimum atomic E-state index is -0.277. The van der Waals surface area contributed by atoms with Gasteiger partial charge in [0.25, 0.3) is 0 Å². The van der Waals surface area contributed by atoms with Crippen LogP contribution in [0.5, 0.6) is 0 Å². The van der Waals surface area contributed by atoms with Crippen molar-refractivity contribution in [1.29, 1.82) is 0 Å². The maximum Gasteiger partial charge on any atom is 0.339 e. The molecular formula is C12H21NO2. The molecule has 0 aromatic carbocycles. The highest BCUT2D eigenvalue weighted by Crippen LogP contribution is 2.17. The molecule has 0 saturated heterocycles. The molecule has 0 rings (SSSR count). The fourth-order valence-corrected chi connectivity index (χ4v) is 1.23. The highest BCUT2D eigenvalue weighted by molar-refractivity contribution is 6.10. The number of rotatable bonds is 5. The van der Waals surface area contributed by atoms with Gasteiger partial charge in [0.15, 0.2) is 0 Å². The Labute approximate surface area is 92.2 Å². The lowest BCUT2D eigenvalue weighted by Gasteiger charge is -2.12. The SMILES string of the molecule is CCOC(=O)/C(C=NC)=C(\C)C(C)CC. The molecule has 0 spiro atoms. The van der Waals surface area contributed by atoms with Crippen molar-refractivity contribution in [2.24, 2.45) is 10.9 Å². The number of esters is 1. The molecule has 0 aromatic rings. The van der Waals surface area contributed by atoms with E-state index in [1.54, 1.807) is 20.2 Å². The van der Waals surface area contributed by atoms with Crippen LogP contribution in [0.15, 0.2) is 16.1 Å². The largest absolute Gasteiger partial charge is 0.462 e. The van der Waals surface area contributed by atoms with Gasteiger partial charge in [-0.1, -0.05) is 19.4 Å². The zero-order chi connectivity index (χ0) is 11.8. The first kappa shape index (κ1) is 13.9. The number of aliphatic imine (C=N–C) groups is 1. The molecule has 1 atom stereocenters. The van der Waals surface area contributed by atoms with Gasteiger partial charge in [-0.25, -0.2) is 4.79 Å². The molecule has 15 heavy (non-hydrogen) atoms. The topological polar surface area (TPSA) is 38.7 Å². The van der Waals surface area contributed by atoms with E-state index in [0.29, 0.717) is 18.1 Å². The van der Waals surface area contributed by atoms with Crippen LogP contribution >= 0.6 is 0 Å². The van der Waals surface area contributed by atoms with E-state index >= 15 is 0 Å². The van der Waals surface area contributed by atoms with Crippen LogP contribution in [-0.4, -0.2) is 25.8 Å². The number of carbonyl (C=O) groups is 1. The van der Waals surface area contributed by atoms with Crippen LogP contribution in [0.1, 0.15) is 34.1 Å². The highest BCUT2D eigenvalue weighted by atomic mass is 16.5. The summed E-state index contributed by atoms with van der Waals surface area (Å²) in [4.78, 5) is 15.5. The third kappa shape index (κ3) is 4.28. The smallest absolute Gasteiger partial charge is 0.339 e. The molecule has 0 N–H and O–H groups in total. The van der Waals surface area contributed by atoms with Crippen molar-refractivity contribution in [3.63, 3.8) is 0 Å². The summed E-state index contributed by atoms with van der Waals surface area (Å²) in [6, 6.07) is 0. The van der Waals surface area contributed by atoms with E-state index < -0.39 is 0 Å². The first-order valence-corrected chi connectivity index (χ1v) is 5.38. The van der Waals surface area contributed by atoms with Gasteiger partial charge in [0.05, 0.1) is 12.2 Å². The maximum absolute atomic E-state index is 11.6. The Morgan fingerprint density at radius 3 is 2.47 bits per heavy atom. The Kier molecular flexibility index (Phi) is 6.67. The van der Waals surface area contributed by atoms with Crippen LogP contribution in [-0.2, 0) is 9.53 Å². The lowest BCUT2D eigenvalue weighted by atomic mass is 9.95. The maximum atomic E-state index is 11.6. The standard InChI is InChI=1S/C12H21NO2/c1-6-9(3)10(4)11(8-13-5)12(14)15-7-2/h8-9H,6-7H2,1-5H3/b11-10+,13-8?. The summed E-state index contributed by atoms with van der Waals surface area (Å²) in [5.74, 6) is 0.100. The number of nitrogens with zero attached hydrogens (tertiary/aromatic N) is 1. The molecule has 0 saturated carbocycles. The number of carbonyl (C=O) groups excluding carboxylic acids is 1. The molecule has 86 valence electrons. The number of allylic oxidation sites excluding steroid dienone is 1. The van der Waals surface area contributed by atoms with Crippen molar-refractivity contribution in [1.82, 2.24) is 0 Å². The fraction of sp³-hybridized carbons (Fsp3) is 0.667. The molecule has 0 aliphatic rings. The first-order valence-electron chi connectivity index (χ1n) is 5.38. The van der Waals surface area contributed by atoms with Gasteiger partial charge in [0.1, 0.15) is 0 Å². The molecule has 0 aliphatic heterocycles. The Morgan fingerprint density at radius 2 is 2.07 bits per heavy atom. The van der Waals surface area contributed by atoms with Gasteiger partial charge in [-0.2, -0.15) is 0 Å². The normalized spacial score (nSPS) is 15.0. The first-order chi connectivity index (χ1) is 7.08. The summed E-state index contributed by atoms with van der Waals surface area (Å²) < 4.78 is 4.98. The number of hydrogen-bond donors (Lipinski definition) is 0. The van der Waals surface area contributed by atoms with E-state index in [1.165, 1.54) is 0 Å². The summed E-state index contributed by atoms with van der Waals surface area (Å²) in [5.41, 5.74) is 1.63. The van der Waals surface area contributed by atoms with Crippen molar-refractivity contribution in [3.05, 3.63) is 11.1 Å². The van der Waals surface area contributed by atoms with E-state index in [2.05, 4.69) is 18.8 Å². The lowest BCUT2D eigenvalue weighted by molar-refractivity contribution is -0.137. The Balaban J connectivity index is 5.00. The summed E-state index contributed by atoms with van der Waals surface area (Å²) in [7, 11) is 1.66. The van der Waals surface area contributed by atoms with E-state index in [0.717, 1.165) is 12.0 Å². The Bertz CT molecular complexity index is 267. The van der Waals surface area contributed by atoms with E-state index in [9.17, 15) is 4.79 Å². The minimum Gasteiger partial charge on any atom is -0.462 e. The van der Waals surface area contributed by atoms with Crippen molar-refractivity contribution < 1.29 is 9.53 Å².